The Labute approximate surface area is 177 Å². The Hall–Kier alpha value is -3.29. The zero-order chi connectivity index (χ0) is 21.5. The van der Waals surface area contributed by atoms with Crippen LogP contribution in [0.4, 0.5) is 0 Å². The van der Waals surface area contributed by atoms with E-state index in [1.165, 1.54) is 0 Å². The number of esters is 4. The van der Waals surface area contributed by atoms with Gasteiger partial charge in [0.15, 0.2) is 0 Å². The molecule has 8 nitrogen and oxygen atoms in total. The second-order valence-corrected chi connectivity index (χ2v) is 9.06. The Balaban J connectivity index is 1.60. The first-order chi connectivity index (χ1) is 14.9. The Morgan fingerprint density at radius 1 is 0.839 bits per heavy atom. The second kappa shape index (κ2) is 5.90. The maximum Gasteiger partial charge on any atom is 0.320 e. The van der Waals surface area contributed by atoms with Gasteiger partial charge in [0, 0.05) is 11.0 Å². The van der Waals surface area contributed by atoms with Gasteiger partial charge in [0.1, 0.15) is 0 Å². The molecule has 2 saturated carbocycles. The first-order valence-corrected chi connectivity index (χ1v) is 10.5. The van der Waals surface area contributed by atoms with Gasteiger partial charge in [-0.25, -0.2) is 0 Å². The standard InChI is InChI=1S/C23H19NO7/c25-17(11-6-2-1-3-7-11)24-23-10-12-8-4-5-9-22(12,13-15(23)20(28)30-18(13)26)14-16(23)21(29)31-19(14)27/h1-3,6-7,10,13-16H,4-5,8-9H2,(H,24,25)/t13-,14+,15+,16-,22?,23?. The third-order valence-corrected chi connectivity index (χ3v) is 7.89. The van der Waals surface area contributed by atoms with Crippen LogP contribution in [0.1, 0.15) is 36.0 Å². The van der Waals surface area contributed by atoms with Crippen molar-refractivity contribution >= 4 is 29.8 Å². The van der Waals surface area contributed by atoms with Gasteiger partial charge in [0.05, 0.1) is 29.2 Å². The summed E-state index contributed by atoms with van der Waals surface area (Å²) in [7, 11) is 0. The first-order valence-electron chi connectivity index (χ1n) is 10.5. The van der Waals surface area contributed by atoms with E-state index in [0.717, 1.165) is 18.4 Å². The molecular weight excluding hydrogens is 402 g/mol. The third kappa shape index (κ3) is 2.07. The molecule has 1 N–H and O–H groups in total. The molecule has 4 fully saturated rings. The van der Waals surface area contributed by atoms with Gasteiger partial charge < -0.3 is 14.8 Å². The highest BCUT2D eigenvalue weighted by Gasteiger charge is 2.81. The molecule has 2 unspecified atom stereocenters. The smallest absolute Gasteiger partial charge is 0.320 e. The molecule has 0 radical (unpaired) electrons. The van der Waals surface area contributed by atoms with Crippen LogP contribution in [0.5, 0.6) is 0 Å². The first kappa shape index (κ1) is 18.5. The van der Waals surface area contributed by atoms with E-state index < -0.39 is 64.4 Å². The van der Waals surface area contributed by atoms with Crippen molar-refractivity contribution in [3.63, 3.8) is 0 Å². The maximum atomic E-state index is 13.2. The van der Waals surface area contributed by atoms with Crippen LogP contribution in [0.3, 0.4) is 0 Å². The van der Waals surface area contributed by atoms with Crippen molar-refractivity contribution in [2.75, 3.05) is 0 Å². The molecule has 1 spiro atoms. The molecule has 2 saturated heterocycles. The zero-order valence-electron chi connectivity index (χ0n) is 16.5. The number of cyclic esters (lactones) is 4. The van der Waals surface area contributed by atoms with E-state index in [2.05, 4.69) is 5.32 Å². The van der Waals surface area contributed by atoms with Crippen LogP contribution < -0.4 is 5.32 Å². The van der Waals surface area contributed by atoms with Crippen LogP contribution >= 0.6 is 0 Å². The van der Waals surface area contributed by atoms with E-state index in [4.69, 9.17) is 9.47 Å². The molecular formula is C23H19NO7. The number of carbonyl (C=O) groups excluding carboxylic acids is 5. The molecule has 2 heterocycles. The van der Waals surface area contributed by atoms with Gasteiger partial charge in [0.25, 0.3) is 5.91 Å². The normalized spacial score (nSPS) is 39.8. The number of ether oxygens (including phenoxy) is 2. The summed E-state index contributed by atoms with van der Waals surface area (Å²) in [4.78, 5) is 64.9. The van der Waals surface area contributed by atoms with Gasteiger partial charge in [-0.15, -0.1) is 0 Å². The Bertz CT molecular complexity index is 1060. The molecule has 8 heteroatoms. The van der Waals surface area contributed by atoms with Crippen LogP contribution in [0.25, 0.3) is 0 Å². The highest BCUT2D eigenvalue weighted by atomic mass is 16.6. The Kier molecular flexibility index (Phi) is 3.52. The third-order valence-electron chi connectivity index (χ3n) is 7.89. The van der Waals surface area contributed by atoms with Crippen molar-refractivity contribution in [2.45, 2.75) is 31.2 Å². The number of allylic oxidation sites excluding steroid dienone is 1. The van der Waals surface area contributed by atoms with Crippen molar-refractivity contribution in [3.05, 3.63) is 47.5 Å². The van der Waals surface area contributed by atoms with Crippen molar-refractivity contribution in [1.29, 1.82) is 0 Å². The summed E-state index contributed by atoms with van der Waals surface area (Å²) in [5, 5.41) is 2.89. The van der Waals surface area contributed by atoms with Gasteiger partial charge in [0.2, 0.25) is 0 Å². The highest BCUT2D eigenvalue weighted by molar-refractivity contribution is 6.07. The van der Waals surface area contributed by atoms with E-state index in [1.54, 1.807) is 36.4 Å². The Morgan fingerprint density at radius 3 is 2.03 bits per heavy atom. The molecule has 1 aromatic carbocycles. The van der Waals surface area contributed by atoms with Gasteiger partial charge >= 0.3 is 23.9 Å². The van der Waals surface area contributed by atoms with Crippen LogP contribution in [0.2, 0.25) is 0 Å². The Morgan fingerprint density at radius 2 is 1.42 bits per heavy atom. The lowest BCUT2D eigenvalue weighted by Crippen LogP contribution is -2.74. The SMILES string of the molecule is O=C(NC12C=C3CCCCC3([C@@H]3C(=O)OC(=O)[C@@H]31)[C@H]1C(=O)OC(=O)[C@H]12)c1ccccc1. The number of hydrogen-bond donors (Lipinski definition) is 1. The van der Waals surface area contributed by atoms with Gasteiger partial charge in [-0.3, -0.25) is 24.0 Å². The lowest BCUT2D eigenvalue weighted by atomic mass is 9.39. The van der Waals surface area contributed by atoms with Crippen molar-refractivity contribution < 1.29 is 33.4 Å². The fourth-order valence-corrected chi connectivity index (χ4v) is 6.90. The molecule has 158 valence electrons. The number of carbonyl (C=O) groups is 5. The largest absolute Gasteiger partial charge is 0.393 e. The maximum absolute atomic E-state index is 13.2. The van der Waals surface area contributed by atoms with Crippen molar-refractivity contribution in [1.82, 2.24) is 5.32 Å². The topological polar surface area (TPSA) is 116 Å². The van der Waals surface area contributed by atoms with Crippen molar-refractivity contribution in [2.24, 2.45) is 29.1 Å². The molecule has 0 aromatic heterocycles. The molecule has 4 aliphatic carbocycles. The van der Waals surface area contributed by atoms with E-state index in [9.17, 15) is 24.0 Å². The zero-order valence-corrected chi connectivity index (χ0v) is 16.5. The summed E-state index contributed by atoms with van der Waals surface area (Å²) < 4.78 is 10.1. The molecule has 6 atom stereocenters. The van der Waals surface area contributed by atoms with Crippen LogP contribution in [-0.4, -0.2) is 35.3 Å². The van der Waals surface area contributed by atoms with Crippen molar-refractivity contribution in [3.8, 4) is 0 Å². The number of rotatable bonds is 2. The van der Waals surface area contributed by atoms with Gasteiger partial charge in [-0.05, 0) is 31.4 Å². The molecule has 1 amide bonds. The fraction of sp³-hybridized carbons (Fsp3) is 0.435. The molecule has 31 heavy (non-hydrogen) atoms. The van der Waals surface area contributed by atoms with Gasteiger partial charge in [-0.1, -0.05) is 36.3 Å². The quantitative estimate of drug-likeness (QED) is 0.435. The minimum atomic E-state index is -1.55. The molecule has 1 aromatic rings. The summed E-state index contributed by atoms with van der Waals surface area (Å²) in [6, 6.07) is 8.39. The van der Waals surface area contributed by atoms with E-state index in [1.807, 2.05) is 0 Å². The molecule has 7 rings (SSSR count). The van der Waals surface area contributed by atoms with Crippen LogP contribution in [0, 0.1) is 29.1 Å². The van der Waals surface area contributed by atoms with E-state index in [-0.39, 0.29) is 0 Å². The number of benzene rings is 1. The summed E-state index contributed by atoms with van der Waals surface area (Å²) in [6.07, 6.45) is 4.51. The summed E-state index contributed by atoms with van der Waals surface area (Å²) in [6.45, 7) is 0. The fourth-order valence-electron chi connectivity index (χ4n) is 6.90. The molecule has 6 aliphatic rings. The highest BCUT2D eigenvalue weighted by Crippen LogP contribution is 2.70. The lowest BCUT2D eigenvalue weighted by molar-refractivity contribution is -0.157. The molecule has 2 aliphatic heterocycles. The summed E-state index contributed by atoms with van der Waals surface area (Å²) >= 11 is 0. The summed E-state index contributed by atoms with van der Waals surface area (Å²) in [5.41, 5.74) is -1.35. The second-order valence-electron chi connectivity index (χ2n) is 9.06. The number of amides is 1. The minimum absolute atomic E-state index is 0.338. The van der Waals surface area contributed by atoms with Crippen LogP contribution in [-0.2, 0) is 28.7 Å². The van der Waals surface area contributed by atoms with Crippen LogP contribution in [0.15, 0.2) is 42.0 Å². The predicted octanol–water partition coefficient (Wildman–Crippen LogP) is 1.30. The monoisotopic (exact) mass is 421 g/mol. The average molecular weight is 421 g/mol. The van der Waals surface area contributed by atoms with E-state index in [0.29, 0.717) is 18.4 Å². The van der Waals surface area contributed by atoms with E-state index >= 15 is 0 Å². The average Bonchev–Trinajstić information content (AvgIpc) is 3.26. The minimum Gasteiger partial charge on any atom is -0.393 e. The number of hydrogen-bond acceptors (Lipinski definition) is 7. The predicted molar refractivity (Wildman–Crippen MR) is 102 cm³/mol. The lowest BCUT2D eigenvalue weighted by Gasteiger charge is -2.61. The van der Waals surface area contributed by atoms with Gasteiger partial charge in [-0.2, -0.15) is 0 Å². The summed E-state index contributed by atoms with van der Waals surface area (Å²) in [5.74, 6) is -7.41. The molecule has 2 bridgehead atoms. The number of nitrogens with one attached hydrogen (secondary N) is 1.